The van der Waals surface area contributed by atoms with Gasteiger partial charge in [0.05, 0.1) is 17.7 Å². The van der Waals surface area contributed by atoms with E-state index in [0.29, 0.717) is 52.9 Å². The molecule has 0 bridgehead atoms. The number of benzene rings is 2. The first-order valence-electron chi connectivity index (χ1n) is 17.6. The van der Waals surface area contributed by atoms with E-state index in [9.17, 15) is 14.3 Å². The lowest BCUT2D eigenvalue weighted by Gasteiger charge is -2.50. The van der Waals surface area contributed by atoms with Crippen LogP contribution in [0.25, 0.3) is 16.7 Å². The van der Waals surface area contributed by atoms with Crippen molar-refractivity contribution in [2.45, 2.75) is 82.7 Å². The van der Waals surface area contributed by atoms with Gasteiger partial charge in [-0.3, -0.25) is 14.3 Å². The van der Waals surface area contributed by atoms with E-state index in [2.05, 4.69) is 80.3 Å². The first-order chi connectivity index (χ1) is 23.4. The molecule has 2 aromatic carbocycles. The maximum atomic E-state index is 14.2. The molecular formula is C39H49FN6O2Si. The minimum absolute atomic E-state index is 0.182. The van der Waals surface area contributed by atoms with Crippen LogP contribution < -0.4 is 15.8 Å². The topological polar surface area (TPSA) is 86.5 Å². The first kappa shape index (κ1) is 34.8. The van der Waals surface area contributed by atoms with Crippen molar-refractivity contribution >= 4 is 36.4 Å². The molecule has 8 nitrogen and oxygen atoms in total. The van der Waals surface area contributed by atoms with E-state index in [1.807, 2.05) is 42.5 Å². The lowest BCUT2D eigenvalue weighted by atomic mass is 9.91. The largest absolute Gasteiger partial charge is 0.393 e. The molecule has 2 fully saturated rings. The number of hydrogen-bond acceptors (Lipinski definition) is 7. The van der Waals surface area contributed by atoms with Crippen LogP contribution in [-0.2, 0) is 0 Å². The Kier molecular flexibility index (Phi) is 9.99. The van der Waals surface area contributed by atoms with Gasteiger partial charge in [0.1, 0.15) is 8.07 Å². The fourth-order valence-electron chi connectivity index (χ4n) is 8.12. The van der Waals surface area contributed by atoms with Crippen molar-refractivity contribution in [2.75, 3.05) is 43.0 Å². The van der Waals surface area contributed by atoms with Crippen LogP contribution in [-0.4, -0.2) is 77.1 Å². The Bertz CT molecular complexity index is 1860. The Morgan fingerprint density at radius 3 is 2.18 bits per heavy atom. The summed E-state index contributed by atoms with van der Waals surface area (Å²) in [6.45, 7) is 15.8. The van der Waals surface area contributed by atoms with E-state index < -0.39 is 20.3 Å². The van der Waals surface area contributed by atoms with Gasteiger partial charge in [-0.1, -0.05) is 65.7 Å². The van der Waals surface area contributed by atoms with Gasteiger partial charge in [0.15, 0.2) is 11.3 Å². The Morgan fingerprint density at radius 2 is 1.59 bits per heavy atom. The molecule has 6 rings (SSSR count). The maximum Gasteiger partial charge on any atom is 0.258 e. The predicted octanol–water partition coefficient (Wildman–Crippen LogP) is 7.08. The van der Waals surface area contributed by atoms with E-state index in [1.54, 1.807) is 16.8 Å². The number of hydrogen-bond donors (Lipinski definition) is 2. The highest BCUT2D eigenvalue weighted by Gasteiger charge is 2.46. The summed E-state index contributed by atoms with van der Waals surface area (Å²) in [5.41, 5.74) is 7.46. The predicted molar refractivity (Wildman–Crippen MR) is 201 cm³/mol. The Balaban J connectivity index is 1.26. The second-order valence-corrected chi connectivity index (χ2v) is 20.3. The number of aromatic nitrogens is 3. The van der Waals surface area contributed by atoms with Gasteiger partial charge in [-0.15, -0.1) is 5.54 Å². The standard InChI is InChI=1S/C39H49FN6O2Si/c1-27(2)49(28(3)4,29(5)6)21-18-30-22-36(48)46(34-10-8-7-9-11-34)37-35(30)23-41-38(43-37)42-31-12-14-32(15-13-31)44-19-16-33(17-20-44)45-24-39(40,25-45)26-47/h7-15,22-23,27-29,33,47H,16-17,19-20,24-26H2,1-6H3,(H,41,42,43). The summed E-state index contributed by atoms with van der Waals surface area (Å²) in [5, 5.41) is 13.3. The van der Waals surface area contributed by atoms with Gasteiger partial charge in [-0.05, 0) is 65.9 Å². The van der Waals surface area contributed by atoms with Crippen LogP contribution in [0.1, 0.15) is 59.9 Å². The average molecular weight is 681 g/mol. The van der Waals surface area contributed by atoms with E-state index in [1.165, 1.54) is 0 Å². The third kappa shape index (κ3) is 6.89. The zero-order valence-corrected chi connectivity index (χ0v) is 30.6. The molecule has 0 amide bonds. The zero-order chi connectivity index (χ0) is 34.9. The molecule has 10 heteroatoms. The molecule has 0 aliphatic carbocycles. The van der Waals surface area contributed by atoms with Crippen molar-refractivity contribution in [1.29, 1.82) is 0 Å². The van der Waals surface area contributed by atoms with Crippen LogP contribution in [0.4, 0.5) is 21.7 Å². The van der Waals surface area contributed by atoms with Crippen LogP contribution in [0.2, 0.25) is 16.6 Å². The molecule has 2 aliphatic rings. The Hall–Kier alpha value is -4.04. The molecule has 0 radical (unpaired) electrons. The van der Waals surface area contributed by atoms with E-state index >= 15 is 0 Å². The number of fused-ring (bicyclic) bond motifs is 1. The number of nitrogens with one attached hydrogen (secondary N) is 1. The summed E-state index contributed by atoms with van der Waals surface area (Å²) in [7, 11) is -2.04. The average Bonchev–Trinajstić information content (AvgIpc) is 3.07. The lowest BCUT2D eigenvalue weighted by Crippen LogP contribution is -2.65. The highest BCUT2D eigenvalue weighted by atomic mass is 28.3. The highest BCUT2D eigenvalue weighted by molar-refractivity contribution is 6.90. The smallest absolute Gasteiger partial charge is 0.258 e. The number of halogens is 1. The molecule has 0 unspecified atom stereocenters. The van der Waals surface area contributed by atoms with Crippen molar-refractivity contribution in [3.05, 3.63) is 82.8 Å². The van der Waals surface area contributed by atoms with Crippen molar-refractivity contribution < 1.29 is 9.50 Å². The molecule has 0 atom stereocenters. The van der Waals surface area contributed by atoms with Gasteiger partial charge in [0, 0.05) is 61.4 Å². The molecule has 4 heterocycles. The van der Waals surface area contributed by atoms with Crippen LogP contribution in [0.3, 0.4) is 0 Å². The molecule has 0 spiro atoms. The van der Waals surface area contributed by atoms with Gasteiger partial charge < -0.3 is 15.3 Å². The van der Waals surface area contributed by atoms with E-state index in [-0.39, 0.29) is 5.56 Å². The summed E-state index contributed by atoms with van der Waals surface area (Å²) < 4.78 is 15.8. The van der Waals surface area contributed by atoms with Crippen LogP contribution in [0.5, 0.6) is 0 Å². The Morgan fingerprint density at radius 1 is 0.959 bits per heavy atom. The lowest BCUT2D eigenvalue weighted by molar-refractivity contribution is -0.0896. The molecule has 258 valence electrons. The number of piperidine rings is 1. The highest BCUT2D eigenvalue weighted by Crippen LogP contribution is 2.41. The normalized spacial score (nSPS) is 17.0. The zero-order valence-electron chi connectivity index (χ0n) is 29.6. The number of alkyl halides is 1. The number of pyridine rings is 1. The monoisotopic (exact) mass is 680 g/mol. The quantitative estimate of drug-likeness (QED) is 0.144. The molecule has 2 saturated heterocycles. The second kappa shape index (κ2) is 14.1. The molecule has 2 N–H and O–H groups in total. The second-order valence-electron chi connectivity index (χ2n) is 14.7. The molecule has 4 aromatic rings. The van der Waals surface area contributed by atoms with Crippen molar-refractivity contribution in [1.82, 2.24) is 19.4 Å². The third-order valence-electron chi connectivity index (χ3n) is 10.8. The van der Waals surface area contributed by atoms with Crippen LogP contribution >= 0.6 is 0 Å². The summed E-state index contributed by atoms with van der Waals surface area (Å²) in [6, 6.07) is 19.8. The minimum Gasteiger partial charge on any atom is -0.393 e. The summed E-state index contributed by atoms with van der Waals surface area (Å²) >= 11 is 0. The number of rotatable bonds is 9. The summed E-state index contributed by atoms with van der Waals surface area (Å²) in [5.74, 6) is 3.88. The number of anilines is 3. The maximum absolute atomic E-state index is 14.2. The van der Waals surface area contributed by atoms with Crippen molar-refractivity contribution in [3.63, 3.8) is 0 Å². The van der Waals surface area contributed by atoms with Gasteiger partial charge >= 0.3 is 0 Å². The first-order valence-corrected chi connectivity index (χ1v) is 19.8. The molecular weight excluding hydrogens is 632 g/mol. The third-order valence-corrected chi connectivity index (χ3v) is 17.1. The molecule has 49 heavy (non-hydrogen) atoms. The number of likely N-dealkylation sites (tertiary alicyclic amines) is 1. The fourth-order valence-corrected chi connectivity index (χ4v) is 13.3. The van der Waals surface area contributed by atoms with Crippen molar-refractivity contribution in [3.8, 4) is 17.2 Å². The van der Waals surface area contributed by atoms with Crippen LogP contribution in [0.15, 0.2) is 71.7 Å². The number of aliphatic hydroxyl groups excluding tert-OH is 1. The summed E-state index contributed by atoms with van der Waals surface area (Å²) in [6.07, 6.45) is 3.72. The number of para-hydroxylation sites is 1. The van der Waals surface area contributed by atoms with Gasteiger partial charge in [0.25, 0.3) is 5.56 Å². The SMILES string of the molecule is CC(C)[Si](C#Cc1cc(=O)n(-c2ccccc2)c2nc(Nc3ccc(N4CCC(N5CC(F)(CO)C5)CC4)cc3)ncc12)(C(C)C)C(C)C. The number of aliphatic hydroxyl groups is 1. The van der Waals surface area contributed by atoms with Crippen LogP contribution in [0, 0.1) is 11.5 Å². The van der Waals surface area contributed by atoms with E-state index in [0.717, 1.165) is 48.4 Å². The Labute approximate surface area is 290 Å². The number of nitrogens with zero attached hydrogens (tertiary/aromatic N) is 5. The van der Waals surface area contributed by atoms with E-state index in [4.69, 9.17) is 9.97 Å². The van der Waals surface area contributed by atoms with Gasteiger partial charge in [-0.25, -0.2) is 9.37 Å². The van der Waals surface area contributed by atoms with Gasteiger partial charge in [0.2, 0.25) is 5.95 Å². The molecule has 2 aromatic heterocycles. The molecule has 0 saturated carbocycles. The summed E-state index contributed by atoms with van der Waals surface area (Å²) in [4.78, 5) is 27.9. The minimum atomic E-state index is -2.04. The fraction of sp³-hybridized carbons (Fsp3) is 0.462. The molecule has 2 aliphatic heterocycles. The van der Waals surface area contributed by atoms with Gasteiger partial charge in [-0.2, -0.15) is 4.98 Å². The van der Waals surface area contributed by atoms with Crippen molar-refractivity contribution in [2.24, 2.45) is 0 Å².